The molecule has 1 aliphatic rings. The summed E-state index contributed by atoms with van der Waals surface area (Å²) in [6.45, 7) is 9.31. The van der Waals surface area contributed by atoms with Crippen LogP contribution in [0.1, 0.15) is 40.5 Å². The van der Waals surface area contributed by atoms with Gasteiger partial charge in [-0.3, -0.25) is 0 Å². The maximum Gasteiger partial charge on any atom is 0.0282 e. The fourth-order valence-corrected chi connectivity index (χ4v) is 3.10. The SMILES string of the molecule is CC1CC(CCl)(C(C)C(C)C)C1. The van der Waals surface area contributed by atoms with Gasteiger partial charge in [0.25, 0.3) is 0 Å². The van der Waals surface area contributed by atoms with Crippen molar-refractivity contribution in [1.82, 2.24) is 0 Å². The normalized spacial score (nSPS) is 38.0. The number of halogens is 1. The Labute approximate surface area is 81.7 Å². The first-order valence-corrected chi connectivity index (χ1v) is 5.61. The predicted octanol–water partition coefficient (Wildman–Crippen LogP) is 3.93. The highest BCUT2D eigenvalue weighted by atomic mass is 35.5. The van der Waals surface area contributed by atoms with Gasteiger partial charge in [-0.1, -0.05) is 27.7 Å². The molecule has 72 valence electrons. The van der Waals surface area contributed by atoms with E-state index < -0.39 is 0 Å². The average Bonchev–Trinajstić information content (AvgIpc) is 1.96. The molecule has 1 heteroatoms. The molecule has 1 fully saturated rings. The molecule has 1 atom stereocenters. The third-order valence-electron chi connectivity index (χ3n) is 3.74. The molecule has 1 aliphatic carbocycles. The fraction of sp³-hybridized carbons (Fsp3) is 1.00. The second kappa shape index (κ2) is 3.57. The summed E-state index contributed by atoms with van der Waals surface area (Å²) in [4.78, 5) is 0. The molecule has 0 amide bonds. The predicted molar refractivity (Wildman–Crippen MR) is 55.6 cm³/mol. The Morgan fingerprint density at radius 2 is 1.83 bits per heavy atom. The monoisotopic (exact) mass is 188 g/mol. The van der Waals surface area contributed by atoms with Crippen molar-refractivity contribution in [3.8, 4) is 0 Å². The van der Waals surface area contributed by atoms with Gasteiger partial charge in [-0.05, 0) is 36.0 Å². The summed E-state index contributed by atoms with van der Waals surface area (Å²) in [5.74, 6) is 3.32. The van der Waals surface area contributed by atoms with Crippen LogP contribution in [0.4, 0.5) is 0 Å². The van der Waals surface area contributed by atoms with Gasteiger partial charge in [0.2, 0.25) is 0 Å². The van der Waals surface area contributed by atoms with Gasteiger partial charge in [0, 0.05) is 5.88 Å². The highest BCUT2D eigenvalue weighted by molar-refractivity contribution is 6.18. The summed E-state index contributed by atoms with van der Waals surface area (Å²) in [5, 5.41) is 0. The molecule has 0 aliphatic heterocycles. The van der Waals surface area contributed by atoms with Crippen LogP contribution in [0.2, 0.25) is 0 Å². The first-order chi connectivity index (χ1) is 5.52. The van der Waals surface area contributed by atoms with E-state index in [9.17, 15) is 0 Å². The zero-order valence-corrected chi connectivity index (χ0v) is 9.49. The van der Waals surface area contributed by atoms with Crippen LogP contribution in [0.3, 0.4) is 0 Å². The Morgan fingerprint density at radius 3 is 2.08 bits per heavy atom. The quantitative estimate of drug-likeness (QED) is 0.589. The molecule has 1 saturated carbocycles. The summed E-state index contributed by atoms with van der Waals surface area (Å²) in [5.41, 5.74) is 0.481. The summed E-state index contributed by atoms with van der Waals surface area (Å²) < 4.78 is 0. The molecule has 0 spiro atoms. The van der Waals surface area contributed by atoms with E-state index in [1.54, 1.807) is 0 Å². The van der Waals surface area contributed by atoms with Crippen molar-refractivity contribution < 1.29 is 0 Å². The topological polar surface area (TPSA) is 0 Å². The Bertz CT molecular complexity index is 145. The Balaban J connectivity index is 2.57. The lowest BCUT2D eigenvalue weighted by molar-refractivity contribution is 0.00933. The fourth-order valence-electron chi connectivity index (χ4n) is 2.64. The smallest absolute Gasteiger partial charge is 0.0282 e. The largest absolute Gasteiger partial charge is 0.126 e. The number of alkyl halides is 1. The van der Waals surface area contributed by atoms with Crippen LogP contribution >= 0.6 is 11.6 Å². The molecule has 0 bridgehead atoms. The van der Waals surface area contributed by atoms with E-state index in [2.05, 4.69) is 27.7 Å². The maximum atomic E-state index is 6.06. The molecular formula is C11H21Cl. The van der Waals surface area contributed by atoms with Gasteiger partial charge in [0.15, 0.2) is 0 Å². The van der Waals surface area contributed by atoms with Crippen molar-refractivity contribution in [2.75, 3.05) is 5.88 Å². The standard InChI is InChI=1S/C11H21Cl/c1-8(2)10(4)11(7-12)5-9(3)6-11/h8-10H,5-7H2,1-4H3. The zero-order chi connectivity index (χ0) is 9.35. The third kappa shape index (κ3) is 1.64. The van der Waals surface area contributed by atoms with Crippen molar-refractivity contribution in [2.45, 2.75) is 40.5 Å². The van der Waals surface area contributed by atoms with Gasteiger partial charge in [-0.15, -0.1) is 11.6 Å². The number of rotatable bonds is 3. The van der Waals surface area contributed by atoms with Gasteiger partial charge < -0.3 is 0 Å². The van der Waals surface area contributed by atoms with E-state index in [-0.39, 0.29) is 0 Å². The van der Waals surface area contributed by atoms with Crippen LogP contribution < -0.4 is 0 Å². The molecule has 0 aromatic heterocycles. The molecule has 0 heterocycles. The second-order valence-electron chi connectivity index (χ2n) is 5.04. The molecule has 0 nitrogen and oxygen atoms in total. The summed E-state index contributed by atoms with van der Waals surface area (Å²) in [6, 6.07) is 0. The van der Waals surface area contributed by atoms with E-state index in [1.807, 2.05) is 0 Å². The minimum Gasteiger partial charge on any atom is -0.126 e. The molecule has 0 saturated heterocycles. The zero-order valence-electron chi connectivity index (χ0n) is 8.73. The van der Waals surface area contributed by atoms with Crippen molar-refractivity contribution in [1.29, 1.82) is 0 Å². The van der Waals surface area contributed by atoms with Crippen molar-refractivity contribution >= 4 is 11.6 Å². The Morgan fingerprint density at radius 1 is 1.33 bits per heavy atom. The van der Waals surface area contributed by atoms with Crippen LogP contribution in [-0.4, -0.2) is 5.88 Å². The van der Waals surface area contributed by atoms with Crippen molar-refractivity contribution in [3.63, 3.8) is 0 Å². The molecule has 0 radical (unpaired) electrons. The Kier molecular flexibility index (Phi) is 3.09. The minimum absolute atomic E-state index is 0.481. The molecular weight excluding hydrogens is 168 g/mol. The molecule has 0 aromatic carbocycles. The van der Waals surface area contributed by atoms with Gasteiger partial charge in [-0.25, -0.2) is 0 Å². The lowest BCUT2D eigenvalue weighted by Gasteiger charge is -2.51. The second-order valence-corrected chi connectivity index (χ2v) is 5.31. The first-order valence-electron chi connectivity index (χ1n) is 5.08. The lowest BCUT2D eigenvalue weighted by Crippen LogP contribution is -2.44. The van der Waals surface area contributed by atoms with Gasteiger partial charge in [0.1, 0.15) is 0 Å². The van der Waals surface area contributed by atoms with Crippen LogP contribution in [0.15, 0.2) is 0 Å². The van der Waals surface area contributed by atoms with E-state index in [4.69, 9.17) is 11.6 Å². The molecule has 1 rings (SSSR count). The molecule has 0 aromatic rings. The highest BCUT2D eigenvalue weighted by Crippen LogP contribution is 2.53. The van der Waals surface area contributed by atoms with Crippen molar-refractivity contribution in [3.05, 3.63) is 0 Å². The lowest BCUT2D eigenvalue weighted by atomic mass is 9.56. The van der Waals surface area contributed by atoms with Gasteiger partial charge >= 0.3 is 0 Å². The summed E-state index contributed by atoms with van der Waals surface area (Å²) in [6.07, 6.45) is 2.69. The average molecular weight is 189 g/mol. The highest BCUT2D eigenvalue weighted by Gasteiger charge is 2.45. The Hall–Kier alpha value is 0.290. The third-order valence-corrected chi connectivity index (χ3v) is 4.27. The molecule has 12 heavy (non-hydrogen) atoms. The van der Waals surface area contributed by atoms with Crippen LogP contribution in [0, 0.1) is 23.2 Å². The van der Waals surface area contributed by atoms with Crippen molar-refractivity contribution in [2.24, 2.45) is 23.2 Å². The van der Waals surface area contributed by atoms with E-state index in [0.717, 1.165) is 23.6 Å². The molecule has 0 N–H and O–H groups in total. The van der Waals surface area contributed by atoms with E-state index in [0.29, 0.717) is 5.41 Å². The number of hydrogen-bond donors (Lipinski definition) is 0. The summed E-state index contributed by atoms with van der Waals surface area (Å²) in [7, 11) is 0. The number of hydrogen-bond acceptors (Lipinski definition) is 0. The van der Waals surface area contributed by atoms with Gasteiger partial charge in [0.05, 0.1) is 0 Å². The first kappa shape index (κ1) is 10.4. The maximum absolute atomic E-state index is 6.06. The minimum atomic E-state index is 0.481. The van der Waals surface area contributed by atoms with E-state index >= 15 is 0 Å². The van der Waals surface area contributed by atoms with Crippen LogP contribution in [-0.2, 0) is 0 Å². The van der Waals surface area contributed by atoms with Gasteiger partial charge in [-0.2, -0.15) is 0 Å². The summed E-state index contributed by atoms with van der Waals surface area (Å²) >= 11 is 6.06. The van der Waals surface area contributed by atoms with E-state index in [1.165, 1.54) is 12.8 Å². The van der Waals surface area contributed by atoms with Crippen LogP contribution in [0.25, 0.3) is 0 Å². The molecule has 1 unspecified atom stereocenters. The van der Waals surface area contributed by atoms with Crippen LogP contribution in [0.5, 0.6) is 0 Å².